The SMILES string of the molecule is c1ccc(COc2ccc([S+](c3ccc(OCc4ccccn4)cc3)c3ccc(OCc4ccccn4)cc3)cc2)nc1. The minimum atomic E-state index is -0.363. The molecule has 0 aliphatic heterocycles. The number of rotatable bonds is 12. The van der Waals surface area contributed by atoms with E-state index in [2.05, 4.69) is 51.4 Å². The van der Waals surface area contributed by atoms with Gasteiger partial charge in [-0.15, -0.1) is 0 Å². The summed E-state index contributed by atoms with van der Waals surface area (Å²) in [5.74, 6) is 2.40. The van der Waals surface area contributed by atoms with Crippen LogP contribution in [0.1, 0.15) is 17.1 Å². The average Bonchev–Trinajstić information content (AvgIpc) is 3.09. The Balaban J connectivity index is 1.21. The van der Waals surface area contributed by atoms with Crippen LogP contribution in [0.2, 0.25) is 0 Å². The molecule has 0 atom stereocenters. The molecule has 0 saturated carbocycles. The maximum Gasteiger partial charge on any atom is 0.166 e. The van der Waals surface area contributed by atoms with E-state index in [0.717, 1.165) is 34.3 Å². The molecule has 3 heterocycles. The highest BCUT2D eigenvalue weighted by Crippen LogP contribution is 2.34. The van der Waals surface area contributed by atoms with Gasteiger partial charge in [0.05, 0.1) is 28.0 Å². The maximum atomic E-state index is 5.99. The van der Waals surface area contributed by atoms with Gasteiger partial charge in [0.25, 0.3) is 0 Å². The summed E-state index contributed by atoms with van der Waals surface area (Å²) < 4.78 is 18.0. The minimum Gasteiger partial charge on any atom is -0.487 e. The van der Waals surface area contributed by atoms with Crippen molar-refractivity contribution in [1.82, 2.24) is 15.0 Å². The maximum absolute atomic E-state index is 5.99. The Kier molecular flexibility index (Phi) is 9.22. The fraction of sp³-hybridized carbons (Fsp3) is 0.0833. The fourth-order valence-electron chi connectivity index (χ4n) is 4.35. The molecule has 6 aromatic rings. The minimum absolute atomic E-state index is 0.363. The van der Waals surface area contributed by atoms with Crippen molar-refractivity contribution >= 4 is 10.9 Å². The first kappa shape index (κ1) is 28.0. The number of nitrogens with zero attached hydrogens (tertiary/aromatic N) is 3. The zero-order valence-electron chi connectivity index (χ0n) is 23.5. The Morgan fingerprint density at radius 2 is 0.674 bits per heavy atom. The molecule has 0 spiro atoms. The van der Waals surface area contributed by atoms with Gasteiger partial charge in [-0.3, -0.25) is 15.0 Å². The molecule has 3 aromatic carbocycles. The topological polar surface area (TPSA) is 66.4 Å². The Bertz CT molecular complexity index is 1480. The van der Waals surface area contributed by atoms with E-state index in [1.807, 2.05) is 91.0 Å². The van der Waals surface area contributed by atoms with Crippen LogP contribution < -0.4 is 14.2 Å². The van der Waals surface area contributed by atoms with Crippen LogP contribution in [0.5, 0.6) is 17.2 Å². The van der Waals surface area contributed by atoms with Crippen LogP contribution in [0.3, 0.4) is 0 Å². The second-order valence-corrected chi connectivity index (χ2v) is 11.6. The molecule has 0 radical (unpaired) electrons. The highest BCUT2D eigenvalue weighted by molar-refractivity contribution is 7.97. The number of ether oxygens (including phenoxy) is 3. The largest absolute Gasteiger partial charge is 0.487 e. The summed E-state index contributed by atoms with van der Waals surface area (Å²) in [4.78, 5) is 16.6. The number of aromatic nitrogens is 3. The summed E-state index contributed by atoms with van der Waals surface area (Å²) in [6.45, 7) is 1.27. The van der Waals surface area contributed by atoms with Crippen LogP contribution in [0.15, 0.2) is 161 Å². The van der Waals surface area contributed by atoms with Crippen LogP contribution in [0.4, 0.5) is 0 Å². The summed E-state index contributed by atoms with van der Waals surface area (Å²) >= 11 is 0. The molecule has 7 heteroatoms. The molecule has 0 aliphatic rings. The Morgan fingerprint density at radius 1 is 0.372 bits per heavy atom. The average molecular weight is 585 g/mol. The summed E-state index contributed by atoms with van der Waals surface area (Å²) in [6.07, 6.45) is 5.33. The lowest BCUT2D eigenvalue weighted by Crippen LogP contribution is -2.06. The Labute approximate surface area is 254 Å². The van der Waals surface area contributed by atoms with E-state index < -0.39 is 0 Å². The molecule has 0 amide bonds. The highest BCUT2D eigenvalue weighted by Gasteiger charge is 2.29. The van der Waals surface area contributed by atoms with Crippen LogP contribution >= 0.6 is 0 Å². The molecule has 0 aliphatic carbocycles. The molecule has 0 saturated heterocycles. The van der Waals surface area contributed by atoms with Crippen LogP contribution in [-0.4, -0.2) is 15.0 Å². The third-order valence-corrected chi connectivity index (χ3v) is 8.75. The smallest absolute Gasteiger partial charge is 0.166 e. The van der Waals surface area contributed by atoms with Gasteiger partial charge in [-0.2, -0.15) is 0 Å². The lowest BCUT2D eigenvalue weighted by Gasteiger charge is -2.12. The highest BCUT2D eigenvalue weighted by atomic mass is 32.2. The van der Waals surface area contributed by atoms with Gasteiger partial charge in [0.15, 0.2) is 14.7 Å². The summed E-state index contributed by atoms with van der Waals surface area (Å²) in [5, 5.41) is 0. The van der Waals surface area contributed by atoms with Crippen LogP contribution in [0, 0.1) is 0 Å². The van der Waals surface area contributed by atoms with E-state index in [1.165, 1.54) is 14.7 Å². The Morgan fingerprint density at radius 3 is 0.930 bits per heavy atom. The summed E-state index contributed by atoms with van der Waals surface area (Å²) in [6, 6.07) is 42.4. The van der Waals surface area contributed by atoms with Crippen molar-refractivity contribution in [3.05, 3.63) is 163 Å². The third-order valence-electron chi connectivity index (χ3n) is 6.52. The lowest BCUT2D eigenvalue weighted by atomic mass is 10.3. The van der Waals surface area contributed by atoms with Crippen LogP contribution in [0.25, 0.3) is 0 Å². The number of hydrogen-bond acceptors (Lipinski definition) is 6. The van der Waals surface area contributed by atoms with Crippen molar-refractivity contribution in [2.45, 2.75) is 34.5 Å². The Hall–Kier alpha value is -5.14. The van der Waals surface area contributed by atoms with Crippen molar-refractivity contribution in [2.24, 2.45) is 0 Å². The third kappa shape index (κ3) is 7.78. The second-order valence-electron chi connectivity index (χ2n) is 9.55. The van der Waals surface area contributed by atoms with E-state index in [9.17, 15) is 0 Å². The fourth-order valence-corrected chi connectivity index (χ4v) is 6.39. The predicted octanol–water partition coefficient (Wildman–Crippen LogP) is 7.70. The molecule has 0 bridgehead atoms. The number of hydrogen-bond donors (Lipinski definition) is 0. The summed E-state index contributed by atoms with van der Waals surface area (Å²) in [5.41, 5.74) is 2.67. The quantitative estimate of drug-likeness (QED) is 0.137. The molecular weight excluding hydrogens is 554 g/mol. The second kappa shape index (κ2) is 14.2. The lowest BCUT2D eigenvalue weighted by molar-refractivity contribution is 0.301. The van der Waals surface area contributed by atoms with Crippen molar-refractivity contribution in [3.8, 4) is 17.2 Å². The van der Waals surface area contributed by atoms with Gasteiger partial charge in [-0.25, -0.2) is 0 Å². The van der Waals surface area contributed by atoms with Gasteiger partial charge >= 0.3 is 0 Å². The van der Waals surface area contributed by atoms with Crippen molar-refractivity contribution in [1.29, 1.82) is 0 Å². The van der Waals surface area contributed by atoms with Gasteiger partial charge in [0.1, 0.15) is 37.1 Å². The van der Waals surface area contributed by atoms with Gasteiger partial charge in [-0.05, 0) is 109 Å². The summed E-state index contributed by atoms with van der Waals surface area (Å²) in [7, 11) is -0.363. The van der Waals surface area contributed by atoms with Gasteiger partial charge in [0.2, 0.25) is 0 Å². The molecule has 0 unspecified atom stereocenters. The molecule has 6 nitrogen and oxygen atoms in total. The number of pyridine rings is 3. The van der Waals surface area contributed by atoms with E-state index in [0.29, 0.717) is 19.8 Å². The van der Waals surface area contributed by atoms with E-state index in [-0.39, 0.29) is 10.9 Å². The number of benzene rings is 3. The zero-order valence-corrected chi connectivity index (χ0v) is 24.3. The zero-order chi connectivity index (χ0) is 29.1. The first-order valence-electron chi connectivity index (χ1n) is 13.9. The normalized spacial score (nSPS) is 10.8. The van der Waals surface area contributed by atoms with Crippen LogP contribution in [-0.2, 0) is 30.7 Å². The van der Waals surface area contributed by atoms with E-state index in [4.69, 9.17) is 14.2 Å². The van der Waals surface area contributed by atoms with Crippen molar-refractivity contribution in [3.63, 3.8) is 0 Å². The molecular formula is C36H30N3O3S+. The van der Waals surface area contributed by atoms with Gasteiger partial charge in [0, 0.05) is 18.6 Å². The standard InChI is InChI=1S/C36H30N3O3S/c1-4-22-37-28(7-1)25-40-31-10-16-34(17-11-31)43(35-18-12-32(13-19-35)41-26-29-8-2-5-23-38-29)36-20-14-33(15-21-36)42-27-30-9-3-6-24-39-30/h1-24H,25-27H2/q+1. The van der Waals surface area contributed by atoms with Crippen molar-refractivity contribution in [2.75, 3.05) is 0 Å². The first-order chi connectivity index (χ1) is 21.3. The van der Waals surface area contributed by atoms with E-state index in [1.54, 1.807) is 18.6 Å². The van der Waals surface area contributed by atoms with Gasteiger partial charge < -0.3 is 14.2 Å². The molecule has 3 aromatic heterocycles. The van der Waals surface area contributed by atoms with E-state index >= 15 is 0 Å². The molecule has 0 N–H and O–H groups in total. The molecule has 0 fully saturated rings. The predicted molar refractivity (Wildman–Crippen MR) is 167 cm³/mol. The molecule has 43 heavy (non-hydrogen) atoms. The van der Waals surface area contributed by atoms with Gasteiger partial charge in [-0.1, -0.05) is 18.2 Å². The first-order valence-corrected chi connectivity index (χ1v) is 15.2. The monoisotopic (exact) mass is 584 g/mol. The molecule has 6 rings (SSSR count). The van der Waals surface area contributed by atoms with Crippen molar-refractivity contribution < 1.29 is 14.2 Å². The molecule has 212 valence electrons.